The summed E-state index contributed by atoms with van der Waals surface area (Å²) in [6.45, 7) is 11.8. The van der Waals surface area contributed by atoms with Crippen LogP contribution in [-0.2, 0) is 5.41 Å². The molecule has 0 bridgehead atoms. The van der Waals surface area contributed by atoms with Gasteiger partial charge in [-0.3, -0.25) is 4.57 Å². The van der Waals surface area contributed by atoms with Gasteiger partial charge in [0.1, 0.15) is 17.3 Å². The van der Waals surface area contributed by atoms with Crippen molar-refractivity contribution in [1.82, 2.24) is 9.55 Å². The minimum Gasteiger partial charge on any atom is -0.457 e. The molecule has 2 aromatic heterocycles. The molecule has 0 radical (unpaired) electrons. The highest BCUT2D eigenvalue weighted by Crippen LogP contribution is 2.40. The number of anilines is 2. The third-order valence-electron chi connectivity index (χ3n) is 10.9. The van der Waals surface area contributed by atoms with Crippen molar-refractivity contribution in [2.24, 2.45) is 0 Å². The summed E-state index contributed by atoms with van der Waals surface area (Å²) >= 11 is 0. The van der Waals surface area contributed by atoms with Crippen molar-refractivity contribution in [1.29, 1.82) is 0 Å². The van der Waals surface area contributed by atoms with Gasteiger partial charge in [0.15, 0.2) is 0 Å². The van der Waals surface area contributed by atoms with E-state index in [0.29, 0.717) is 6.67 Å². The Morgan fingerprint density at radius 3 is 1.82 bits per heavy atom. The predicted octanol–water partition coefficient (Wildman–Crippen LogP) is 13.1. The first-order valence-electron chi connectivity index (χ1n) is 19.0. The molecule has 0 N–H and O–H groups in total. The number of nitrogens with zero attached hydrogens (tertiary/aromatic N) is 4. The lowest BCUT2D eigenvalue weighted by atomic mass is 9.88. The fourth-order valence-electron chi connectivity index (χ4n) is 7.78. The first kappa shape index (κ1) is 34.2. The van der Waals surface area contributed by atoms with Crippen molar-refractivity contribution in [2.45, 2.75) is 40.0 Å². The number of pyridine rings is 1. The summed E-state index contributed by atoms with van der Waals surface area (Å²) in [7, 11) is 0. The number of hydrogen-bond donors (Lipinski definition) is 0. The number of rotatable bonds is 7. The molecular weight excluding hydrogens is 673 g/mol. The van der Waals surface area contributed by atoms with Gasteiger partial charge in [-0.25, -0.2) is 4.98 Å². The lowest BCUT2D eigenvalue weighted by Gasteiger charge is -2.25. The lowest BCUT2D eigenvalue weighted by Crippen LogP contribution is -2.27. The molecule has 0 spiro atoms. The highest BCUT2D eigenvalue weighted by atomic mass is 16.5. The van der Waals surface area contributed by atoms with E-state index in [9.17, 15) is 0 Å². The molecule has 0 unspecified atom stereocenters. The maximum absolute atomic E-state index is 6.66. The second-order valence-electron chi connectivity index (χ2n) is 15.5. The molecule has 0 saturated heterocycles. The molecule has 55 heavy (non-hydrogen) atoms. The molecule has 0 aliphatic carbocycles. The maximum Gasteiger partial charge on any atom is 0.137 e. The number of ether oxygens (including phenoxy) is 1. The Balaban J connectivity index is 1.04. The van der Waals surface area contributed by atoms with E-state index in [2.05, 4.69) is 201 Å². The summed E-state index contributed by atoms with van der Waals surface area (Å²) in [5, 5.41) is 2.36. The maximum atomic E-state index is 6.66. The van der Waals surface area contributed by atoms with Crippen molar-refractivity contribution in [2.75, 3.05) is 16.5 Å². The van der Waals surface area contributed by atoms with Crippen molar-refractivity contribution in [3.8, 4) is 39.6 Å². The van der Waals surface area contributed by atoms with E-state index >= 15 is 0 Å². The molecule has 9 rings (SSSR count). The molecule has 0 atom stereocenters. The fourth-order valence-corrected chi connectivity index (χ4v) is 7.78. The van der Waals surface area contributed by atoms with Crippen molar-refractivity contribution in [3.63, 3.8) is 0 Å². The second kappa shape index (κ2) is 13.7. The highest BCUT2D eigenvalue weighted by Gasteiger charge is 2.27. The van der Waals surface area contributed by atoms with Gasteiger partial charge in [-0.15, -0.1) is 0 Å². The van der Waals surface area contributed by atoms with Crippen LogP contribution in [0.5, 0.6) is 11.5 Å². The second-order valence-corrected chi connectivity index (χ2v) is 15.5. The third-order valence-corrected chi connectivity index (χ3v) is 10.9. The smallest absolute Gasteiger partial charge is 0.137 e. The van der Waals surface area contributed by atoms with E-state index in [1.165, 1.54) is 50.0 Å². The predicted molar refractivity (Wildman–Crippen MR) is 229 cm³/mol. The highest BCUT2D eigenvalue weighted by molar-refractivity contribution is 6.09. The Bertz CT molecular complexity index is 2660. The number of allylic oxidation sites excluding steroid dienone is 2. The van der Waals surface area contributed by atoms with Crippen molar-refractivity contribution in [3.05, 3.63) is 181 Å². The Labute approximate surface area is 323 Å². The quantitative estimate of drug-likeness (QED) is 0.164. The molecule has 0 amide bonds. The van der Waals surface area contributed by atoms with Gasteiger partial charge < -0.3 is 14.5 Å². The number of benzene rings is 6. The van der Waals surface area contributed by atoms with Crippen LogP contribution in [0.3, 0.4) is 0 Å². The number of para-hydroxylation sites is 1. The van der Waals surface area contributed by atoms with Crippen LogP contribution < -0.4 is 14.5 Å². The molecule has 1 aliphatic heterocycles. The van der Waals surface area contributed by atoms with Crippen molar-refractivity contribution < 1.29 is 4.74 Å². The van der Waals surface area contributed by atoms with E-state index in [-0.39, 0.29) is 5.41 Å². The van der Waals surface area contributed by atoms with Gasteiger partial charge >= 0.3 is 0 Å². The van der Waals surface area contributed by atoms with E-state index < -0.39 is 0 Å². The Morgan fingerprint density at radius 1 is 0.509 bits per heavy atom. The zero-order valence-electron chi connectivity index (χ0n) is 32.0. The van der Waals surface area contributed by atoms with Crippen LogP contribution in [0.25, 0.3) is 49.9 Å². The van der Waals surface area contributed by atoms with Gasteiger partial charge in [-0.05, 0) is 108 Å². The topological polar surface area (TPSA) is 33.5 Å². The van der Waals surface area contributed by atoms with Gasteiger partial charge in [0.2, 0.25) is 0 Å². The van der Waals surface area contributed by atoms with E-state index in [1.54, 1.807) is 0 Å². The van der Waals surface area contributed by atoms with Gasteiger partial charge in [0, 0.05) is 51.9 Å². The molecule has 1 aliphatic rings. The summed E-state index contributed by atoms with van der Waals surface area (Å²) in [5.74, 6) is 2.46. The standard InChI is InChI=1S/C50H44N4O/c1-34-35(2)53(42-28-38(36-15-8-6-9-16-36)27-39(29-42)37-17-10-7-11-18-37)33-52(34)41-19-14-20-43(31-41)55-44-23-24-46-45-21-12-13-22-47(45)54(48(46)32-44)49-30-40(25-26-51-49)50(3,4)5/h6-32H,33H2,1-5H3. The first-order chi connectivity index (χ1) is 26.7. The average Bonchev–Trinajstić information content (AvgIpc) is 3.71. The molecule has 0 saturated carbocycles. The molecule has 5 nitrogen and oxygen atoms in total. The van der Waals surface area contributed by atoms with Gasteiger partial charge in [-0.2, -0.15) is 0 Å². The van der Waals surface area contributed by atoms with Crippen LogP contribution in [0.1, 0.15) is 40.2 Å². The van der Waals surface area contributed by atoms with Crippen LogP contribution in [-0.4, -0.2) is 16.2 Å². The molecule has 3 heterocycles. The van der Waals surface area contributed by atoms with Crippen LogP contribution >= 0.6 is 0 Å². The number of fused-ring (bicyclic) bond motifs is 3. The van der Waals surface area contributed by atoms with Gasteiger partial charge in [0.25, 0.3) is 0 Å². The van der Waals surface area contributed by atoms with E-state index in [0.717, 1.165) is 39.7 Å². The Hall–Kier alpha value is -6.59. The zero-order chi connectivity index (χ0) is 37.7. The number of hydrogen-bond acceptors (Lipinski definition) is 4. The average molecular weight is 717 g/mol. The number of aromatic nitrogens is 2. The summed E-state index contributed by atoms with van der Waals surface area (Å²) in [6.07, 6.45) is 1.92. The monoisotopic (exact) mass is 716 g/mol. The normalized spacial score (nSPS) is 13.3. The minimum absolute atomic E-state index is 0.00545. The summed E-state index contributed by atoms with van der Waals surface area (Å²) in [4.78, 5) is 9.64. The Kier molecular flexibility index (Phi) is 8.50. The fraction of sp³-hybridized carbons (Fsp3) is 0.140. The Morgan fingerprint density at radius 2 is 1.13 bits per heavy atom. The molecule has 8 aromatic rings. The zero-order valence-corrected chi connectivity index (χ0v) is 32.0. The summed E-state index contributed by atoms with van der Waals surface area (Å²) in [6, 6.07) is 55.9. The van der Waals surface area contributed by atoms with Crippen LogP contribution in [0.4, 0.5) is 11.4 Å². The van der Waals surface area contributed by atoms with E-state index in [1.807, 2.05) is 12.3 Å². The summed E-state index contributed by atoms with van der Waals surface area (Å²) < 4.78 is 8.92. The van der Waals surface area contributed by atoms with Crippen LogP contribution in [0.2, 0.25) is 0 Å². The first-order valence-corrected chi connectivity index (χ1v) is 19.0. The molecule has 5 heteroatoms. The van der Waals surface area contributed by atoms with Crippen LogP contribution in [0, 0.1) is 0 Å². The molecular formula is C50H44N4O. The molecule has 6 aromatic carbocycles. The molecule has 270 valence electrons. The SMILES string of the molecule is CC1=C(C)N(c2cc(-c3ccccc3)cc(-c3ccccc3)c2)CN1c1cccc(Oc2ccc3c4ccccc4n(-c4cc(C(C)(C)C)ccn4)c3c2)c1. The third kappa shape index (κ3) is 6.42. The van der Waals surface area contributed by atoms with Gasteiger partial charge in [-0.1, -0.05) is 106 Å². The largest absolute Gasteiger partial charge is 0.457 e. The van der Waals surface area contributed by atoms with Crippen molar-refractivity contribution >= 4 is 33.2 Å². The lowest BCUT2D eigenvalue weighted by molar-refractivity contribution is 0.483. The minimum atomic E-state index is 0.00545. The van der Waals surface area contributed by atoms with E-state index in [4.69, 9.17) is 9.72 Å². The molecule has 0 fully saturated rings. The van der Waals surface area contributed by atoms with Crippen LogP contribution in [0.15, 0.2) is 175 Å². The summed E-state index contributed by atoms with van der Waals surface area (Å²) in [5.41, 5.74) is 12.9. The van der Waals surface area contributed by atoms with Gasteiger partial charge in [0.05, 0.1) is 17.7 Å².